The zero-order valence-corrected chi connectivity index (χ0v) is 12.2. The van der Waals surface area contributed by atoms with Crippen molar-refractivity contribution in [2.24, 2.45) is 0 Å². The maximum Gasteiger partial charge on any atom is 0.534 e. The van der Waals surface area contributed by atoms with Crippen LogP contribution in [0.3, 0.4) is 0 Å². The molecule has 1 aromatic carbocycles. The number of carbonyl (C=O) groups excluding carboxylic acids is 1. The summed E-state index contributed by atoms with van der Waals surface area (Å²) >= 11 is 0. The van der Waals surface area contributed by atoms with Crippen molar-refractivity contribution >= 4 is 16.1 Å². The summed E-state index contributed by atoms with van der Waals surface area (Å²) in [7, 11) is -4.80. The molecule has 0 radical (unpaired) electrons. The number of ether oxygens (including phenoxy) is 1. The summed E-state index contributed by atoms with van der Waals surface area (Å²) < 4.78 is 67.9. The van der Waals surface area contributed by atoms with Gasteiger partial charge in [-0.2, -0.15) is 32.7 Å². The highest BCUT2D eigenvalue weighted by atomic mass is 32.2. The molecular weight excluding hydrogens is 345 g/mol. The van der Waals surface area contributed by atoms with Gasteiger partial charge in [-0.25, -0.2) is 15.6 Å². The summed E-state index contributed by atoms with van der Waals surface area (Å²) in [5.74, 6) is -1.56. The van der Waals surface area contributed by atoms with E-state index in [1.807, 2.05) is 0 Å². The number of benzene rings is 1. The molecule has 0 bridgehead atoms. The first kappa shape index (κ1) is 17.4. The van der Waals surface area contributed by atoms with Crippen molar-refractivity contribution < 1.29 is 35.3 Å². The van der Waals surface area contributed by atoms with Gasteiger partial charge in [0.2, 0.25) is 0 Å². The Hall–Kier alpha value is -1.93. The maximum atomic E-state index is 12.4. The van der Waals surface area contributed by atoms with Gasteiger partial charge in [-0.15, -0.1) is 0 Å². The Labute approximate surface area is 128 Å². The van der Waals surface area contributed by atoms with Gasteiger partial charge < -0.3 is 8.92 Å². The Morgan fingerprint density at radius 2 is 1.78 bits per heavy atom. The van der Waals surface area contributed by atoms with Crippen LogP contribution in [0.5, 0.6) is 5.75 Å². The molecule has 4 N–H and O–H groups in total. The summed E-state index contributed by atoms with van der Waals surface area (Å²) in [4.78, 5) is 11.6. The van der Waals surface area contributed by atoms with E-state index >= 15 is 0 Å². The van der Waals surface area contributed by atoms with E-state index in [1.54, 1.807) is 0 Å². The zero-order valence-electron chi connectivity index (χ0n) is 11.4. The van der Waals surface area contributed by atoms with Gasteiger partial charge in [0.05, 0.1) is 12.7 Å². The van der Waals surface area contributed by atoms with Crippen molar-refractivity contribution in [2.75, 3.05) is 7.11 Å². The van der Waals surface area contributed by atoms with Gasteiger partial charge in [-0.3, -0.25) is 0 Å². The van der Waals surface area contributed by atoms with Gasteiger partial charge in [0.15, 0.2) is 0 Å². The van der Waals surface area contributed by atoms with Gasteiger partial charge in [-0.05, 0) is 23.8 Å². The number of hydrazine groups is 3. The van der Waals surface area contributed by atoms with E-state index in [-0.39, 0.29) is 11.1 Å². The Morgan fingerprint density at radius 3 is 2.30 bits per heavy atom. The number of hydrogen-bond donors (Lipinski definition) is 4. The molecule has 128 valence electrons. The van der Waals surface area contributed by atoms with Crippen molar-refractivity contribution in [3.05, 3.63) is 29.3 Å². The second-order valence-corrected chi connectivity index (χ2v) is 5.78. The quantitative estimate of drug-likeness (QED) is 0.331. The molecule has 9 nitrogen and oxygen atoms in total. The van der Waals surface area contributed by atoms with Crippen molar-refractivity contribution in [3.63, 3.8) is 0 Å². The molecule has 23 heavy (non-hydrogen) atoms. The first-order chi connectivity index (χ1) is 10.6. The molecule has 1 fully saturated rings. The molecule has 1 heterocycles. The Morgan fingerprint density at radius 1 is 1.17 bits per heavy atom. The fraction of sp³-hybridized carbons (Fsp3) is 0.300. The van der Waals surface area contributed by atoms with Crippen molar-refractivity contribution in [1.82, 2.24) is 21.9 Å². The van der Waals surface area contributed by atoms with E-state index in [4.69, 9.17) is 0 Å². The molecule has 1 aliphatic heterocycles. The highest BCUT2D eigenvalue weighted by molar-refractivity contribution is 7.88. The van der Waals surface area contributed by atoms with E-state index in [0.29, 0.717) is 0 Å². The highest BCUT2D eigenvalue weighted by Gasteiger charge is 2.48. The summed E-state index contributed by atoms with van der Waals surface area (Å²) in [6.45, 7) is 0. The molecule has 1 aromatic rings. The van der Waals surface area contributed by atoms with Crippen LogP contribution in [0.15, 0.2) is 18.2 Å². The molecule has 0 atom stereocenters. The summed E-state index contributed by atoms with van der Waals surface area (Å²) in [6, 6.07) is 3.14. The number of halogens is 3. The largest absolute Gasteiger partial charge is 0.534 e. The fourth-order valence-corrected chi connectivity index (χ4v) is 2.11. The fourth-order valence-electron chi connectivity index (χ4n) is 1.67. The standard InChI is InChI=1S/C10H11F3N4O5S/c1-21-9(18)6-2-5(8-14-16-17-15-8)3-7(4-6)22-23(19,20)10(11,12)13/h2-4,8,14-17H,1H3. The van der Waals surface area contributed by atoms with Crippen LogP contribution < -0.4 is 26.1 Å². The van der Waals surface area contributed by atoms with Gasteiger partial charge in [0.1, 0.15) is 11.9 Å². The number of rotatable bonds is 4. The van der Waals surface area contributed by atoms with Crippen LogP contribution in [0.2, 0.25) is 0 Å². The third kappa shape index (κ3) is 3.89. The van der Waals surface area contributed by atoms with Crippen molar-refractivity contribution in [3.8, 4) is 5.75 Å². The second-order valence-electron chi connectivity index (χ2n) is 4.24. The van der Waals surface area contributed by atoms with Crippen molar-refractivity contribution in [1.29, 1.82) is 0 Å². The maximum absolute atomic E-state index is 12.4. The number of alkyl halides is 3. The van der Waals surface area contributed by atoms with Crippen molar-refractivity contribution in [2.45, 2.75) is 11.7 Å². The molecule has 0 aromatic heterocycles. The SMILES string of the molecule is COC(=O)c1cc(OS(=O)(=O)C(F)(F)F)cc(C2NNNN2)c1. The van der Waals surface area contributed by atoms with Gasteiger partial charge in [0.25, 0.3) is 0 Å². The number of carbonyl (C=O) groups is 1. The first-order valence-corrected chi connectivity index (χ1v) is 7.30. The van der Waals surface area contributed by atoms with Crippen LogP contribution in [-0.4, -0.2) is 27.0 Å². The Bertz CT molecular complexity index is 703. The van der Waals surface area contributed by atoms with Crippen LogP contribution in [0.25, 0.3) is 0 Å². The van der Waals surface area contributed by atoms with Gasteiger partial charge in [-0.1, -0.05) is 0 Å². The molecule has 0 unspecified atom stereocenters. The van der Waals surface area contributed by atoms with Gasteiger partial charge in [0, 0.05) is 0 Å². The summed E-state index contributed by atoms with van der Waals surface area (Å²) in [5.41, 5.74) is 4.61. The van der Waals surface area contributed by atoms with Gasteiger partial charge >= 0.3 is 21.6 Å². The normalized spacial score (nSPS) is 16.3. The Balaban J connectivity index is 2.42. The number of hydrogen-bond acceptors (Lipinski definition) is 9. The minimum atomic E-state index is -5.86. The number of esters is 1. The minimum absolute atomic E-state index is 0.187. The lowest BCUT2D eigenvalue weighted by Gasteiger charge is -2.14. The zero-order chi connectivity index (χ0) is 17.3. The average Bonchev–Trinajstić information content (AvgIpc) is 2.98. The van der Waals surface area contributed by atoms with E-state index in [2.05, 4.69) is 30.8 Å². The number of methoxy groups -OCH3 is 1. The predicted octanol–water partition coefficient (Wildman–Crippen LogP) is -0.183. The molecule has 0 saturated carbocycles. The number of nitrogens with one attached hydrogen (secondary N) is 4. The summed E-state index contributed by atoms with van der Waals surface area (Å²) in [5, 5.41) is 0. The highest BCUT2D eigenvalue weighted by Crippen LogP contribution is 2.29. The van der Waals surface area contributed by atoms with E-state index in [9.17, 15) is 26.4 Å². The molecule has 0 amide bonds. The molecule has 13 heteroatoms. The third-order valence-electron chi connectivity index (χ3n) is 2.67. The predicted molar refractivity (Wildman–Crippen MR) is 68.7 cm³/mol. The summed E-state index contributed by atoms with van der Waals surface area (Å²) in [6.07, 6.45) is -0.671. The molecule has 0 spiro atoms. The van der Waals surface area contributed by atoms with E-state index in [1.165, 1.54) is 6.07 Å². The lowest BCUT2D eigenvalue weighted by atomic mass is 10.1. The van der Waals surface area contributed by atoms with Crippen LogP contribution in [0.4, 0.5) is 13.2 Å². The molecule has 1 saturated heterocycles. The average molecular weight is 356 g/mol. The monoisotopic (exact) mass is 356 g/mol. The molecule has 0 aliphatic carbocycles. The van der Waals surface area contributed by atoms with Crippen LogP contribution >= 0.6 is 0 Å². The molecule has 1 aliphatic rings. The molecular formula is C10H11F3N4O5S. The molecule has 2 rings (SSSR count). The minimum Gasteiger partial charge on any atom is -0.465 e. The lowest BCUT2D eigenvalue weighted by Crippen LogP contribution is -2.33. The Kier molecular flexibility index (Phi) is 4.76. The third-order valence-corrected chi connectivity index (χ3v) is 3.65. The van der Waals surface area contributed by atoms with Crippen LogP contribution in [-0.2, 0) is 14.9 Å². The topological polar surface area (TPSA) is 118 Å². The smallest absolute Gasteiger partial charge is 0.465 e. The van der Waals surface area contributed by atoms with Crippen LogP contribution in [0.1, 0.15) is 22.1 Å². The van der Waals surface area contributed by atoms with E-state index in [0.717, 1.165) is 19.2 Å². The van der Waals surface area contributed by atoms with Crippen LogP contribution in [0, 0.1) is 0 Å². The van der Waals surface area contributed by atoms with E-state index < -0.39 is 33.5 Å². The second kappa shape index (κ2) is 6.29. The first-order valence-electron chi connectivity index (χ1n) is 5.89. The lowest BCUT2D eigenvalue weighted by molar-refractivity contribution is -0.0500.